The summed E-state index contributed by atoms with van der Waals surface area (Å²) in [7, 11) is 0. The van der Waals surface area contributed by atoms with Gasteiger partial charge in [-0.15, -0.1) is 11.3 Å². The summed E-state index contributed by atoms with van der Waals surface area (Å²) in [5.74, 6) is 0.777. The quantitative estimate of drug-likeness (QED) is 0.899. The smallest absolute Gasteiger partial charge is 0.226 e. The Bertz CT molecular complexity index is 512. The number of hydrogen-bond acceptors (Lipinski definition) is 3. The molecule has 1 saturated carbocycles. The van der Waals surface area contributed by atoms with Crippen molar-refractivity contribution in [1.82, 2.24) is 14.7 Å². The fourth-order valence-corrected chi connectivity index (χ4v) is 2.76. The molecule has 1 fully saturated rings. The van der Waals surface area contributed by atoms with Gasteiger partial charge >= 0.3 is 0 Å². The van der Waals surface area contributed by atoms with Crippen LogP contribution in [0.3, 0.4) is 0 Å². The van der Waals surface area contributed by atoms with E-state index in [1.807, 2.05) is 22.2 Å². The molecule has 17 heavy (non-hydrogen) atoms. The molecule has 0 saturated heterocycles. The lowest BCUT2D eigenvalue weighted by Gasteiger charge is -2.11. The zero-order valence-corrected chi connectivity index (χ0v) is 10.5. The molecule has 0 bridgehead atoms. The van der Waals surface area contributed by atoms with Gasteiger partial charge in [0.15, 0.2) is 4.96 Å². The Labute approximate surface area is 104 Å². The highest BCUT2D eigenvalue weighted by Crippen LogP contribution is 2.32. The van der Waals surface area contributed by atoms with Gasteiger partial charge in [-0.05, 0) is 25.7 Å². The minimum Gasteiger partial charge on any atom is -0.353 e. The fraction of sp³-hybridized carbons (Fsp3) is 0.500. The number of hydrogen-bond donors (Lipinski definition) is 1. The Morgan fingerprint density at radius 2 is 2.53 bits per heavy atom. The van der Waals surface area contributed by atoms with E-state index in [2.05, 4.69) is 17.2 Å². The lowest BCUT2D eigenvalue weighted by molar-refractivity contribution is -0.121. The van der Waals surface area contributed by atoms with Gasteiger partial charge in [-0.2, -0.15) is 0 Å². The molecule has 0 aromatic carbocycles. The molecular weight excluding hydrogens is 234 g/mol. The Morgan fingerprint density at radius 1 is 1.71 bits per heavy atom. The maximum atomic E-state index is 11.8. The lowest BCUT2D eigenvalue weighted by Crippen LogP contribution is -2.35. The molecule has 0 aliphatic heterocycles. The third-order valence-electron chi connectivity index (χ3n) is 3.20. The summed E-state index contributed by atoms with van der Waals surface area (Å²) < 4.78 is 1.96. The summed E-state index contributed by atoms with van der Waals surface area (Å²) in [5, 5.41) is 5.03. The molecule has 0 spiro atoms. The average molecular weight is 249 g/mol. The minimum atomic E-state index is 0.0788. The van der Waals surface area contributed by atoms with Gasteiger partial charge in [0.2, 0.25) is 5.91 Å². The average Bonchev–Trinajstić information content (AvgIpc) is 2.92. The Kier molecular flexibility index (Phi) is 2.63. The summed E-state index contributed by atoms with van der Waals surface area (Å²) >= 11 is 1.58. The number of amides is 1. The van der Waals surface area contributed by atoms with Gasteiger partial charge < -0.3 is 5.32 Å². The molecule has 1 atom stereocenters. The van der Waals surface area contributed by atoms with Crippen LogP contribution in [0.25, 0.3) is 4.96 Å². The number of carbonyl (C=O) groups is 1. The molecule has 90 valence electrons. The van der Waals surface area contributed by atoms with Crippen LogP contribution in [0.2, 0.25) is 0 Å². The molecule has 5 heteroatoms. The van der Waals surface area contributed by atoms with Gasteiger partial charge in [-0.3, -0.25) is 9.20 Å². The highest BCUT2D eigenvalue weighted by atomic mass is 32.1. The topological polar surface area (TPSA) is 46.4 Å². The van der Waals surface area contributed by atoms with Crippen LogP contribution in [0.1, 0.15) is 25.5 Å². The van der Waals surface area contributed by atoms with Gasteiger partial charge in [0.25, 0.3) is 0 Å². The third kappa shape index (κ3) is 2.34. The molecule has 1 aliphatic carbocycles. The van der Waals surface area contributed by atoms with Gasteiger partial charge in [-0.25, -0.2) is 4.98 Å². The molecule has 2 aromatic heterocycles. The zero-order chi connectivity index (χ0) is 11.8. The summed E-state index contributed by atoms with van der Waals surface area (Å²) in [6, 6.07) is 0.311. The first kappa shape index (κ1) is 10.8. The summed E-state index contributed by atoms with van der Waals surface area (Å²) in [4.78, 5) is 17.1. The van der Waals surface area contributed by atoms with Crippen molar-refractivity contribution >= 4 is 22.2 Å². The second-order valence-electron chi connectivity index (χ2n) is 4.70. The second kappa shape index (κ2) is 4.14. The highest BCUT2D eigenvalue weighted by molar-refractivity contribution is 7.15. The standard InChI is InChI=1S/C12H15N3OS/c1-8(9-2-3-9)13-11(16)6-10-7-15-4-5-17-12(15)14-10/h4-5,7-9H,2-3,6H2,1H3,(H,13,16). The van der Waals surface area contributed by atoms with Gasteiger partial charge in [-0.1, -0.05) is 0 Å². The molecule has 1 N–H and O–H groups in total. The maximum Gasteiger partial charge on any atom is 0.226 e. The van der Waals surface area contributed by atoms with Crippen LogP contribution in [0.4, 0.5) is 0 Å². The number of nitrogens with one attached hydrogen (secondary N) is 1. The van der Waals surface area contributed by atoms with Crippen molar-refractivity contribution in [2.75, 3.05) is 0 Å². The van der Waals surface area contributed by atoms with Gasteiger partial charge in [0, 0.05) is 23.8 Å². The Hall–Kier alpha value is -1.36. The Morgan fingerprint density at radius 3 is 3.24 bits per heavy atom. The van der Waals surface area contributed by atoms with Gasteiger partial charge in [0.1, 0.15) is 0 Å². The minimum absolute atomic E-state index is 0.0788. The third-order valence-corrected chi connectivity index (χ3v) is 3.97. The van der Waals surface area contributed by atoms with Crippen LogP contribution < -0.4 is 5.32 Å². The van der Waals surface area contributed by atoms with E-state index < -0.39 is 0 Å². The second-order valence-corrected chi connectivity index (χ2v) is 5.57. The number of imidazole rings is 1. The molecule has 2 heterocycles. The number of fused-ring (bicyclic) bond motifs is 1. The van der Waals surface area contributed by atoms with Crippen LogP contribution in [-0.4, -0.2) is 21.3 Å². The molecule has 0 radical (unpaired) electrons. The van der Waals surface area contributed by atoms with E-state index in [9.17, 15) is 4.79 Å². The fourth-order valence-electron chi connectivity index (χ4n) is 2.04. The number of carbonyl (C=O) groups excluding carboxylic acids is 1. The maximum absolute atomic E-state index is 11.8. The zero-order valence-electron chi connectivity index (χ0n) is 9.72. The van der Waals surface area contributed by atoms with Gasteiger partial charge in [0.05, 0.1) is 12.1 Å². The van der Waals surface area contributed by atoms with Crippen molar-refractivity contribution in [2.45, 2.75) is 32.2 Å². The molecule has 1 amide bonds. The van der Waals surface area contributed by atoms with E-state index in [0.29, 0.717) is 18.4 Å². The van der Waals surface area contributed by atoms with Crippen molar-refractivity contribution in [3.63, 3.8) is 0 Å². The molecule has 4 nitrogen and oxygen atoms in total. The first-order chi connectivity index (χ1) is 8.22. The Balaban J connectivity index is 1.62. The largest absolute Gasteiger partial charge is 0.353 e. The molecule has 1 aliphatic rings. The van der Waals surface area contributed by atoms with E-state index in [1.165, 1.54) is 12.8 Å². The number of thiazole rings is 1. The van der Waals surface area contributed by atoms with Crippen LogP contribution in [0.5, 0.6) is 0 Å². The van der Waals surface area contributed by atoms with Crippen LogP contribution in [0, 0.1) is 5.92 Å². The molecule has 3 rings (SSSR count). The van der Waals surface area contributed by atoms with E-state index in [0.717, 1.165) is 10.7 Å². The van der Waals surface area contributed by atoms with Crippen LogP contribution >= 0.6 is 11.3 Å². The van der Waals surface area contributed by atoms with Crippen molar-refractivity contribution in [2.24, 2.45) is 5.92 Å². The van der Waals surface area contributed by atoms with Crippen LogP contribution in [0.15, 0.2) is 17.8 Å². The number of aromatic nitrogens is 2. The molecule has 2 aromatic rings. The summed E-state index contributed by atoms with van der Waals surface area (Å²) in [6.45, 7) is 2.08. The predicted molar refractivity (Wildman–Crippen MR) is 67.1 cm³/mol. The molecular formula is C12H15N3OS. The number of rotatable bonds is 4. The lowest BCUT2D eigenvalue weighted by atomic mass is 10.2. The first-order valence-corrected chi connectivity index (χ1v) is 6.81. The van der Waals surface area contributed by atoms with Crippen molar-refractivity contribution in [3.8, 4) is 0 Å². The highest BCUT2D eigenvalue weighted by Gasteiger charge is 2.28. The molecule has 1 unspecified atom stereocenters. The number of nitrogens with zero attached hydrogens (tertiary/aromatic N) is 2. The van der Waals surface area contributed by atoms with E-state index in [1.54, 1.807) is 11.3 Å². The normalized spacial score (nSPS) is 17.2. The van der Waals surface area contributed by atoms with E-state index in [4.69, 9.17) is 0 Å². The summed E-state index contributed by atoms with van der Waals surface area (Å²) in [5.41, 5.74) is 0.845. The van der Waals surface area contributed by atoms with Crippen molar-refractivity contribution in [3.05, 3.63) is 23.5 Å². The summed E-state index contributed by atoms with van der Waals surface area (Å²) in [6.07, 6.45) is 6.77. The van der Waals surface area contributed by atoms with E-state index >= 15 is 0 Å². The SMILES string of the molecule is CC(NC(=O)Cc1cn2ccsc2n1)C1CC1. The van der Waals surface area contributed by atoms with Crippen molar-refractivity contribution < 1.29 is 4.79 Å². The van der Waals surface area contributed by atoms with E-state index in [-0.39, 0.29) is 5.91 Å². The van der Waals surface area contributed by atoms with Crippen LogP contribution in [-0.2, 0) is 11.2 Å². The van der Waals surface area contributed by atoms with Crippen molar-refractivity contribution in [1.29, 1.82) is 0 Å². The monoisotopic (exact) mass is 249 g/mol. The first-order valence-electron chi connectivity index (χ1n) is 5.93. The predicted octanol–water partition coefficient (Wildman–Crippen LogP) is 1.85.